The summed E-state index contributed by atoms with van der Waals surface area (Å²) >= 11 is 5.72. The first-order valence-corrected chi connectivity index (χ1v) is 3.05. The van der Waals surface area contributed by atoms with E-state index in [2.05, 4.69) is 16.1 Å². The van der Waals surface area contributed by atoms with E-state index in [0.717, 1.165) is 0 Å². The first-order chi connectivity index (χ1) is 4.34. The summed E-state index contributed by atoms with van der Waals surface area (Å²) < 4.78 is 0. The summed E-state index contributed by atoms with van der Waals surface area (Å²) in [6, 6.07) is 0. The van der Waals surface area contributed by atoms with E-state index in [9.17, 15) is 0 Å². The lowest BCUT2D eigenvalue weighted by molar-refractivity contribution is 0.424. The summed E-state index contributed by atoms with van der Waals surface area (Å²) in [4.78, 5) is 0. The highest BCUT2D eigenvalue weighted by Crippen LogP contribution is 1.98. The van der Waals surface area contributed by atoms with Gasteiger partial charge in [0.1, 0.15) is 11.7 Å². The minimum absolute atomic E-state index is 0.100. The summed E-state index contributed by atoms with van der Waals surface area (Å²) in [5.74, 6) is 5.12. The Morgan fingerprint density at radius 2 is 2.11 bits per heavy atom. The van der Waals surface area contributed by atoms with Gasteiger partial charge in [-0.15, -0.1) is 0 Å². The topological polar surface area (TPSA) is 62.1 Å². The van der Waals surface area contributed by atoms with Gasteiger partial charge in [0.2, 0.25) is 0 Å². The molecule has 1 aliphatic rings. The zero-order valence-electron chi connectivity index (χ0n) is 4.76. The molecule has 5 heteroatoms. The molecule has 2 unspecified atom stereocenters. The Bertz CT molecular complexity index is 115. The smallest absolute Gasteiger partial charge is 0.136 e. The molecule has 52 valence electrons. The Morgan fingerprint density at radius 1 is 1.44 bits per heavy atom. The van der Waals surface area contributed by atoms with Crippen LogP contribution in [0.3, 0.4) is 0 Å². The summed E-state index contributed by atoms with van der Waals surface area (Å²) in [7, 11) is 0. The van der Waals surface area contributed by atoms with Crippen LogP contribution in [0.25, 0.3) is 0 Å². The highest BCUT2D eigenvalue weighted by atomic mass is 35.5. The van der Waals surface area contributed by atoms with Crippen molar-refractivity contribution in [2.75, 3.05) is 0 Å². The Balaban J connectivity index is 2.43. The molecule has 0 aliphatic carbocycles. The third-order valence-corrected chi connectivity index (χ3v) is 1.46. The van der Waals surface area contributed by atoms with Gasteiger partial charge in [-0.1, -0.05) is 11.6 Å². The van der Waals surface area contributed by atoms with Crippen LogP contribution in [-0.2, 0) is 0 Å². The summed E-state index contributed by atoms with van der Waals surface area (Å²) in [6.07, 6.45) is 3.37. The summed E-state index contributed by atoms with van der Waals surface area (Å²) in [5, 5.41) is 5.77. The van der Waals surface area contributed by atoms with Gasteiger partial charge < -0.3 is 10.6 Å². The molecule has 0 aromatic carbocycles. The molecule has 0 radical (unpaired) electrons. The third-order valence-electron chi connectivity index (χ3n) is 1.09. The zero-order valence-corrected chi connectivity index (χ0v) is 5.52. The van der Waals surface area contributed by atoms with E-state index in [1.807, 2.05) is 0 Å². The maximum Gasteiger partial charge on any atom is 0.136 e. The van der Waals surface area contributed by atoms with Crippen molar-refractivity contribution in [3.63, 3.8) is 0 Å². The van der Waals surface area contributed by atoms with Crippen LogP contribution in [0.4, 0.5) is 0 Å². The molecule has 0 saturated heterocycles. The van der Waals surface area contributed by atoms with Crippen LogP contribution in [0.5, 0.6) is 0 Å². The molecule has 0 bridgehead atoms. The van der Waals surface area contributed by atoms with Crippen molar-refractivity contribution in [2.24, 2.45) is 5.84 Å². The molecule has 1 aliphatic heterocycles. The van der Waals surface area contributed by atoms with Crippen LogP contribution in [0.2, 0.25) is 0 Å². The Labute approximate surface area is 58.4 Å². The first-order valence-electron chi connectivity index (χ1n) is 2.62. The molecule has 1 rings (SSSR count). The predicted octanol–water partition coefficient (Wildman–Crippen LogP) is -0.995. The number of hydrazine groups is 1. The van der Waals surface area contributed by atoms with E-state index in [0.29, 0.717) is 0 Å². The van der Waals surface area contributed by atoms with E-state index in [1.165, 1.54) is 0 Å². The lowest BCUT2D eigenvalue weighted by Crippen LogP contribution is -2.55. The highest BCUT2D eigenvalue weighted by Gasteiger charge is 2.16. The number of halogens is 1. The molecular formula is C4H9ClN4. The normalized spacial score (nSPS) is 33.1. The van der Waals surface area contributed by atoms with E-state index in [-0.39, 0.29) is 11.7 Å². The van der Waals surface area contributed by atoms with Gasteiger partial charge in [-0.3, -0.25) is 5.84 Å². The van der Waals surface area contributed by atoms with E-state index >= 15 is 0 Å². The van der Waals surface area contributed by atoms with Crippen molar-refractivity contribution in [1.29, 1.82) is 0 Å². The number of hydrogen-bond acceptors (Lipinski definition) is 4. The van der Waals surface area contributed by atoms with Gasteiger partial charge >= 0.3 is 0 Å². The van der Waals surface area contributed by atoms with E-state index < -0.39 is 0 Å². The second-order valence-electron chi connectivity index (χ2n) is 1.71. The maximum atomic E-state index is 5.72. The number of alkyl halides is 1. The van der Waals surface area contributed by atoms with Gasteiger partial charge in [0.05, 0.1) is 0 Å². The average Bonchev–Trinajstić information content (AvgIpc) is 1.89. The number of rotatable bonds is 1. The molecule has 1 heterocycles. The lowest BCUT2D eigenvalue weighted by Gasteiger charge is -2.25. The van der Waals surface area contributed by atoms with Crippen molar-refractivity contribution in [1.82, 2.24) is 16.1 Å². The monoisotopic (exact) mass is 148 g/mol. The van der Waals surface area contributed by atoms with Gasteiger partial charge in [-0.2, -0.15) is 0 Å². The van der Waals surface area contributed by atoms with Crippen LogP contribution >= 0.6 is 11.6 Å². The summed E-state index contributed by atoms with van der Waals surface area (Å²) in [5.41, 5.74) is 2.30. The van der Waals surface area contributed by atoms with Crippen molar-refractivity contribution >= 4 is 11.6 Å². The molecule has 0 fully saturated rings. The predicted molar refractivity (Wildman–Crippen MR) is 36.2 cm³/mol. The largest absolute Gasteiger partial charge is 0.371 e. The first kappa shape index (κ1) is 6.67. The molecule has 0 spiro atoms. The van der Waals surface area contributed by atoms with Crippen LogP contribution < -0.4 is 21.9 Å². The molecule has 0 amide bonds. The molecule has 0 aromatic rings. The quantitative estimate of drug-likeness (QED) is 0.167. The molecule has 9 heavy (non-hydrogen) atoms. The van der Waals surface area contributed by atoms with Gasteiger partial charge in [0, 0.05) is 12.4 Å². The highest BCUT2D eigenvalue weighted by molar-refractivity contribution is 6.20. The minimum Gasteiger partial charge on any atom is -0.371 e. The second kappa shape index (κ2) is 2.91. The van der Waals surface area contributed by atoms with Crippen molar-refractivity contribution in [2.45, 2.75) is 11.7 Å². The van der Waals surface area contributed by atoms with Gasteiger partial charge in [0.25, 0.3) is 0 Å². The van der Waals surface area contributed by atoms with Crippen molar-refractivity contribution in [3.05, 3.63) is 12.4 Å². The fourth-order valence-electron chi connectivity index (χ4n) is 0.605. The van der Waals surface area contributed by atoms with E-state index in [4.69, 9.17) is 17.4 Å². The average molecular weight is 149 g/mol. The van der Waals surface area contributed by atoms with Gasteiger partial charge in [-0.25, -0.2) is 5.43 Å². The van der Waals surface area contributed by atoms with Crippen LogP contribution in [0, 0.1) is 0 Å². The number of nitrogens with one attached hydrogen (secondary N) is 3. The minimum atomic E-state index is -0.194. The van der Waals surface area contributed by atoms with Crippen LogP contribution in [0.15, 0.2) is 12.4 Å². The number of nitrogens with two attached hydrogens (primary N) is 1. The number of hydrogen-bond donors (Lipinski definition) is 4. The maximum absolute atomic E-state index is 5.72. The second-order valence-corrected chi connectivity index (χ2v) is 2.18. The van der Waals surface area contributed by atoms with Crippen molar-refractivity contribution in [3.8, 4) is 0 Å². The molecule has 2 atom stereocenters. The SMILES string of the molecule is NNC1NC=CNC1Cl. The zero-order chi connectivity index (χ0) is 6.69. The van der Waals surface area contributed by atoms with Crippen LogP contribution in [0.1, 0.15) is 0 Å². The molecular weight excluding hydrogens is 140 g/mol. The Morgan fingerprint density at radius 3 is 2.56 bits per heavy atom. The lowest BCUT2D eigenvalue weighted by atomic mass is 10.4. The van der Waals surface area contributed by atoms with Gasteiger partial charge in [0.15, 0.2) is 0 Å². The summed E-state index contributed by atoms with van der Waals surface area (Å²) in [6.45, 7) is 0. The van der Waals surface area contributed by atoms with Crippen LogP contribution in [-0.4, -0.2) is 11.7 Å². The molecule has 0 saturated carbocycles. The van der Waals surface area contributed by atoms with E-state index in [1.54, 1.807) is 12.4 Å². The molecule has 4 nitrogen and oxygen atoms in total. The molecule has 0 aromatic heterocycles. The van der Waals surface area contributed by atoms with Gasteiger partial charge in [-0.05, 0) is 0 Å². The molecule has 5 N–H and O–H groups in total. The fraction of sp³-hybridized carbons (Fsp3) is 0.500. The fourth-order valence-corrected chi connectivity index (χ4v) is 0.823. The Hall–Kier alpha value is -0.450. The third kappa shape index (κ3) is 1.48. The Kier molecular flexibility index (Phi) is 2.16. The standard InChI is InChI=1S/C4H9ClN4/c5-3-4(9-6)8-2-1-7-3/h1-4,7-9H,6H2. The van der Waals surface area contributed by atoms with Crippen molar-refractivity contribution < 1.29 is 0 Å².